The number of carbonyl (C=O) groups is 2. The minimum absolute atomic E-state index is 0.0178. The third kappa shape index (κ3) is 7.77. The molecule has 0 bridgehead atoms. The van der Waals surface area contributed by atoms with E-state index in [9.17, 15) is 14.7 Å². The molecule has 2 aromatic rings. The zero-order valence-electron chi connectivity index (χ0n) is 26.4. The van der Waals surface area contributed by atoms with Crippen LogP contribution in [0, 0.1) is 23.2 Å². The van der Waals surface area contributed by atoms with Gasteiger partial charge in [-0.3, -0.25) is 14.8 Å². The molecule has 1 fully saturated rings. The lowest BCUT2D eigenvalue weighted by atomic mass is 9.86. The molecule has 1 amide bonds. The zero-order chi connectivity index (χ0) is 33.4. The number of rotatable bonds is 9. The monoisotopic (exact) mass is 657 g/mol. The molecular formula is C31H37F2N5O5SSi. The molecule has 2 aromatic heterocycles. The minimum atomic E-state index is -1.48. The maximum Gasteiger partial charge on any atom is 0.418 e. The summed E-state index contributed by atoms with van der Waals surface area (Å²) >= 11 is 0.918. The van der Waals surface area contributed by atoms with E-state index in [0.717, 1.165) is 35.0 Å². The smallest absolute Gasteiger partial charge is 0.418 e. The molecule has 10 nitrogen and oxygen atoms in total. The Hall–Kier alpha value is -3.67. The number of aliphatic imine (C=N–C) groups is 1. The molecule has 0 saturated heterocycles. The first kappa shape index (κ1) is 34.2. The van der Waals surface area contributed by atoms with Crippen molar-refractivity contribution in [3.63, 3.8) is 0 Å². The van der Waals surface area contributed by atoms with Gasteiger partial charge in [0.2, 0.25) is 5.95 Å². The van der Waals surface area contributed by atoms with Crippen molar-refractivity contribution >= 4 is 49.0 Å². The summed E-state index contributed by atoms with van der Waals surface area (Å²) in [6.07, 6.45) is 2.86. The Labute approximate surface area is 266 Å². The summed E-state index contributed by atoms with van der Waals surface area (Å²) in [7, 11) is -1.45. The highest BCUT2D eigenvalue weighted by Gasteiger charge is 2.72. The van der Waals surface area contributed by atoms with E-state index < -0.39 is 53.7 Å². The Balaban J connectivity index is 1.76. The van der Waals surface area contributed by atoms with Gasteiger partial charge in [0.15, 0.2) is 5.17 Å². The summed E-state index contributed by atoms with van der Waals surface area (Å²) in [5.74, 6) is -3.42. The predicted molar refractivity (Wildman–Crippen MR) is 170 cm³/mol. The van der Waals surface area contributed by atoms with Gasteiger partial charge in [-0.25, -0.2) is 19.1 Å². The molecule has 240 valence electrons. The predicted octanol–water partition coefficient (Wildman–Crippen LogP) is 6.67. The number of amides is 1. The van der Waals surface area contributed by atoms with Gasteiger partial charge < -0.3 is 14.6 Å². The van der Waals surface area contributed by atoms with E-state index in [2.05, 4.69) is 29.6 Å². The number of hydrogen-bond donors (Lipinski definition) is 1. The van der Waals surface area contributed by atoms with Gasteiger partial charge in [-0.15, -0.1) is 0 Å². The number of fused-ring (bicyclic) bond motifs is 1. The number of pyridine rings is 2. The van der Waals surface area contributed by atoms with E-state index in [1.54, 1.807) is 27.7 Å². The van der Waals surface area contributed by atoms with Crippen molar-refractivity contribution in [1.29, 1.82) is 5.26 Å². The highest BCUT2D eigenvalue weighted by atomic mass is 32.2. The molecule has 1 aliphatic heterocycles. The van der Waals surface area contributed by atoms with Crippen LogP contribution in [0.4, 0.5) is 13.6 Å². The maximum absolute atomic E-state index is 15.5. The first-order chi connectivity index (χ1) is 20.9. The Bertz CT molecular complexity index is 1580. The molecule has 0 aromatic carbocycles. The number of aliphatic carboxylic acids is 1. The van der Waals surface area contributed by atoms with Gasteiger partial charge in [0.05, 0.1) is 16.8 Å². The number of halogens is 2. The molecule has 2 aliphatic rings. The van der Waals surface area contributed by atoms with Crippen LogP contribution in [-0.2, 0) is 19.8 Å². The highest BCUT2D eigenvalue weighted by Crippen LogP contribution is 2.66. The molecule has 4 rings (SSSR count). The van der Waals surface area contributed by atoms with Crippen LogP contribution < -0.4 is 0 Å². The number of nitriles is 1. The van der Waals surface area contributed by atoms with E-state index in [1.807, 2.05) is 6.07 Å². The highest BCUT2D eigenvalue weighted by molar-refractivity contribution is 8.15. The van der Waals surface area contributed by atoms with Gasteiger partial charge in [0, 0.05) is 38.6 Å². The maximum atomic E-state index is 15.5. The zero-order valence-corrected chi connectivity index (χ0v) is 28.2. The van der Waals surface area contributed by atoms with Crippen LogP contribution in [-0.4, -0.2) is 69.0 Å². The number of carbonyl (C=O) groups excluding carboxylic acids is 1. The van der Waals surface area contributed by atoms with E-state index in [1.165, 1.54) is 24.4 Å². The number of amidine groups is 1. The molecule has 0 radical (unpaired) electrons. The van der Waals surface area contributed by atoms with Crippen LogP contribution in [0.3, 0.4) is 0 Å². The number of nitrogens with zero attached hydrogens (tertiary/aromatic N) is 5. The molecule has 3 heterocycles. The van der Waals surface area contributed by atoms with Crippen molar-refractivity contribution in [3.05, 3.63) is 58.9 Å². The molecule has 3 atom stereocenters. The third-order valence-corrected chi connectivity index (χ3v) is 10.6. The van der Waals surface area contributed by atoms with E-state index in [0.29, 0.717) is 6.61 Å². The first-order valence-electron chi connectivity index (χ1n) is 14.4. The minimum Gasteiger partial charge on any atom is -0.480 e. The Morgan fingerprint density at radius 2 is 1.98 bits per heavy atom. The van der Waals surface area contributed by atoms with Crippen molar-refractivity contribution in [1.82, 2.24) is 14.9 Å². The molecule has 1 saturated carbocycles. The van der Waals surface area contributed by atoms with Gasteiger partial charge in [-0.05, 0) is 70.0 Å². The molecule has 1 aliphatic carbocycles. The second-order valence-electron chi connectivity index (χ2n) is 13.5. The Morgan fingerprint density at radius 3 is 2.56 bits per heavy atom. The quantitative estimate of drug-likeness (QED) is 0.136. The van der Waals surface area contributed by atoms with Crippen molar-refractivity contribution in [3.8, 4) is 6.07 Å². The van der Waals surface area contributed by atoms with Crippen molar-refractivity contribution < 1.29 is 33.0 Å². The van der Waals surface area contributed by atoms with E-state index in [4.69, 9.17) is 19.7 Å². The van der Waals surface area contributed by atoms with Crippen molar-refractivity contribution in [2.24, 2.45) is 10.9 Å². The molecule has 1 N–H and O–H groups in total. The average Bonchev–Trinajstić information content (AvgIpc) is 3.70. The first-order valence-corrected chi connectivity index (χ1v) is 18.9. The lowest BCUT2D eigenvalue weighted by Gasteiger charge is -2.37. The van der Waals surface area contributed by atoms with Crippen LogP contribution >= 0.6 is 11.8 Å². The summed E-state index contributed by atoms with van der Waals surface area (Å²) in [6.45, 7) is 13.4. The standard InChI is InChI=1S/C31H37F2N5O5SSi/c1-29(2,3)43-28(41)38(18-42-10-11-45(5,6)7)27-37-30(4,24-14-31(24,44-27)26(39)40)21-12-20(17-36-25(21)33)13-22(32)23-9-8-19(15-34)16-35-23/h8-9,12-13,16-17,24H,10-11,14,18H2,1-7H3,(H,39,40)/b22-13-/t24-,30+,31-/m0/s1. The topological polar surface area (TPSA) is 138 Å². The number of aromatic nitrogens is 2. The summed E-state index contributed by atoms with van der Waals surface area (Å²) in [5.41, 5.74) is -1.98. The molecule has 0 unspecified atom stereocenters. The summed E-state index contributed by atoms with van der Waals surface area (Å²) in [6, 6.07) is 6.89. The van der Waals surface area contributed by atoms with Crippen LogP contribution in [0.1, 0.15) is 56.5 Å². The summed E-state index contributed by atoms with van der Waals surface area (Å²) in [5, 5.41) is 19.3. The second kappa shape index (κ2) is 12.6. The second-order valence-corrected chi connectivity index (χ2v) is 20.4. The fourth-order valence-corrected chi connectivity index (χ4v) is 7.14. The SMILES string of the molecule is CC(C)(C)OC(=O)N(COCC[Si](C)(C)C)C1=N[C@](C)(c2cc(/C=C(\F)c3ccc(C#N)cn3)cnc2F)[C@@H]2C[C@]2(C(=O)O)S1. The van der Waals surface area contributed by atoms with Crippen LogP contribution in [0.25, 0.3) is 11.9 Å². The number of thioether (sulfide) groups is 1. The van der Waals surface area contributed by atoms with E-state index in [-0.39, 0.29) is 40.7 Å². The number of carboxylic acids is 1. The fraction of sp³-hybridized carbons (Fsp3) is 0.484. The lowest BCUT2D eigenvalue weighted by molar-refractivity contribution is -0.137. The van der Waals surface area contributed by atoms with Gasteiger partial charge in [-0.2, -0.15) is 9.65 Å². The molecule has 0 spiro atoms. The number of carboxylic acid groups (broad SMARTS) is 1. The van der Waals surface area contributed by atoms with Crippen LogP contribution in [0.2, 0.25) is 25.7 Å². The van der Waals surface area contributed by atoms with Gasteiger partial charge >= 0.3 is 12.1 Å². The van der Waals surface area contributed by atoms with Crippen LogP contribution in [0.5, 0.6) is 0 Å². The van der Waals surface area contributed by atoms with Crippen molar-refractivity contribution in [2.45, 2.75) is 75.7 Å². The fourth-order valence-electron chi connectivity index (χ4n) is 4.87. The van der Waals surface area contributed by atoms with Gasteiger partial charge in [0.25, 0.3) is 0 Å². The van der Waals surface area contributed by atoms with Crippen LogP contribution in [0.15, 0.2) is 35.6 Å². The number of ether oxygens (including phenoxy) is 2. The molecular weight excluding hydrogens is 621 g/mol. The molecule has 45 heavy (non-hydrogen) atoms. The van der Waals surface area contributed by atoms with Gasteiger partial charge in [-0.1, -0.05) is 31.4 Å². The normalized spacial score (nSPS) is 23.0. The average molecular weight is 658 g/mol. The molecule has 14 heteroatoms. The third-order valence-electron chi connectivity index (χ3n) is 7.45. The Kier molecular flexibility index (Phi) is 9.59. The lowest BCUT2D eigenvalue weighted by Crippen LogP contribution is -2.47. The summed E-state index contributed by atoms with van der Waals surface area (Å²) in [4.78, 5) is 39.8. The van der Waals surface area contributed by atoms with E-state index >= 15 is 8.78 Å². The Morgan fingerprint density at radius 1 is 1.27 bits per heavy atom. The number of hydrogen-bond acceptors (Lipinski definition) is 9. The van der Waals surface area contributed by atoms with Crippen molar-refractivity contribution in [2.75, 3.05) is 13.3 Å². The van der Waals surface area contributed by atoms with Gasteiger partial charge in [0.1, 0.15) is 29.0 Å². The summed E-state index contributed by atoms with van der Waals surface area (Å²) < 4.78 is 40.7. The largest absolute Gasteiger partial charge is 0.480 e.